The number of hydrogen-bond acceptors (Lipinski definition) is 8. The number of hydrogen-bond donors (Lipinski definition) is 4. The van der Waals surface area contributed by atoms with Crippen LogP contribution in [-0.4, -0.2) is 89.4 Å². The third-order valence-electron chi connectivity index (χ3n) is 8.83. The first-order valence-corrected chi connectivity index (χ1v) is 20.0. The maximum absolute atomic E-state index is 12.8. The number of aliphatic hydroxyl groups excluding tert-OH is 2. The van der Waals surface area contributed by atoms with E-state index in [0.29, 0.717) is 32.2 Å². The standard InChI is InChI=1S/C44H66N4O6/c1-2-3-4-5-6-7-8-9-10-11-12-13-14-15-16-17-18-26-43(52)47-41(44(53)54-40(36-49)37-50)25-19-20-31-45-42(51)27-23-24-38-28-29-39(46-35-38)30-34-48-32-21-22-33-48/h3-4,6-7,9-10,12-13,15-16,23-24,28-29,35,40-41,49-50H,2,5,8,11,14,17-22,25-27,30-34,36-37H2,1H3,(H,45,51)(H,47,52)/b4-3-,7-6-,10-9-,13-12-,16-15-,24-23+. The molecule has 10 heteroatoms. The van der Waals surface area contributed by atoms with Crippen LogP contribution >= 0.6 is 0 Å². The fourth-order valence-corrected chi connectivity index (χ4v) is 5.68. The van der Waals surface area contributed by atoms with Gasteiger partial charge < -0.3 is 30.5 Å². The van der Waals surface area contributed by atoms with Crippen LogP contribution in [0.1, 0.15) is 108 Å². The molecule has 0 aliphatic carbocycles. The fraction of sp³-hybridized carbons (Fsp3) is 0.545. The number of esters is 1. The van der Waals surface area contributed by atoms with Crippen molar-refractivity contribution >= 4 is 23.9 Å². The predicted octanol–water partition coefficient (Wildman–Crippen LogP) is 6.71. The van der Waals surface area contributed by atoms with Crippen LogP contribution in [0.15, 0.2) is 85.2 Å². The molecule has 0 saturated carbocycles. The Labute approximate surface area is 324 Å². The number of nitrogens with one attached hydrogen (secondary N) is 2. The van der Waals surface area contributed by atoms with E-state index in [2.05, 4.69) is 88.2 Å². The second-order valence-electron chi connectivity index (χ2n) is 13.5. The van der Waals surface area contributed by atoms with E-state index in [1.807, 2.05) is 30.5 Å². The SMILES string of the molecule is CC/C=C\C/C=C\C/C=C\C/C=C\C/C=C\CCCC(=O)NC(CCCCNC(=O)C/C=C/c1ccc(CCN2CCCC2)nc1)C(=O)OC(CO)CO. The molecule has 1 aromatic rings. The highest BCUT2D eigenvalue weighted by atomic mass is 16.6. The molecular formula is C44H66N4O6. The summed E-state index contributed by atoms with van der Waals surface area (Å²) in [6.07, 6.45) is 37.5. The molecule has 1 unspecified atom stereocenters. The lowest BCUT2D eigenvalue weighted by Gasteiger charge is -2.20. The molecule has 0 spiro atoms. The maximum Gasteiger partial charge on any atom is 0.329 e. The molecule has 54 heavy (non-hydrogen) atoms. The molecule has 298 valence electrons. The number of pyridine rings is 1. The Hall–Kier alpha value is -4.12. The average molecular weight is 747 g/mol. The van der Waals surface area contributed by atoms with E-state index in [4.69, 9.17) is 4.74 Å². The minimum absolute atomic E-state index is 0.105. The third-order valence-corrected chi connectivity index (χ3v) is 8.83. The number of unbranched alkanes of at least 4 members (excludes halogenated alkanes) is 2. The highest BCUT2D eigenvalue weighted by Gasteiger charge is 2.24. The third kappa shape index (κ3) is 23.5. The van der Waals surface area contributed by atoms with Gasteiger partial charge in [-0.25, -0.2) is 4.79 Å². The van der Waals surface area contributed by atoms with Crippen LogP contribution in [0.3, 0.4) is 0 Å². The van der Waals surface area contributed by atoms with Crippen molar-refractivity contribution in [2.75, 3.05) is 39.4 Å². The number of aromatic nitrogens is 1. The van der Waals surface area contributed by atoms with Crippen LogP contribution in [0.4, 0.5) is 0 Å². The van der Waals surface area contributed by atoms with Gasteiger partial charge in [-0.1, -0.05) is 85.9 Å². The summed E-state index contributed by atoms with van der Waals surface area (Å²) in [4.78, 5) is 44.9. The van der Waals surface area contributed by atoms with Crippen molar-refractivity contribution < 1.29 is 29.3 Å². The fourth-order valence-electron chi connectivity index (χ4n) is 5.68. The van der Waals surface area contributed by atoms with Crippen molar-refractivity contribution in [3.05, 3.63) is 96.4 Å². The molecule has 0 radical (unpaired) electrons. The number of likely N-dealkylation sites (tertiary alicyclic amines) is 1. The summed E-state index contributed by atoms with van der Waals surface area (Å²) in [7, 11) is 0. The van der Waals surface area contributed by atoms with E-state index < -0.39 is 31.3 Å². The second-order valence-corrected chi connectivity index (χ2v) is 13.5. The van der Waals surface area contributed by atoms with Crippen molar-refractivity contribution in [2.45, 2.75) is 115 Å². The summed E-state index contributed by atoms with van der Waals surface area (Å²) in [5, 5.41) is 24.4. The Bertz CT molecular complexity index is 1340. The largest absolute Gasteiger partial charge is 0.456 e. The van der Waals surface area contributed by atoms with E-state index in [9.17, 15) is 24.6 Å². The number of amides is 2. The van der Waals surface area contributed by atoms with Crippen LogP contribution in [0.25, 0.3) is 6.08 Å². The number of nitrogens with zero attached hydrogens (tertiary/aromatic N) is 2. The summed E-state index contributed by atoms with van der Waals surface area (Å²) in [6.45, 7) is 4.94. The molecule has 1 aliphatic heterocycles. The normalized spacial score (nSPS) is 14.6. The molecule has 1 fully saturated rings. The monoisotopic (exact) mass is 746 g/mol. The lowest BCUT2D eigenvalue weighted by atomic mass is 10.1. The van der Waals surface area contributed by atoms with Gasteiger partial charge in [0.05, 0.1) is 13.2 Å². The Morgan fingerprint density at radius 2 is 1.48 bits per heavy atom. The number of allylic oxidation sites excluding steroid dienone is 10. The molecule has 1 saturated heterocycles. The van der Waals surface area contributed by atoms with Crippen molar-refractivity contribution in [2.24, 2.45) is 0 Å². The molecule has 10 nitrogen and oxygen atoms in total. The highest BCUT2D eigenvalue weighted by molar-refractivity contribution is 5.84. The van der Waals surface area contributed by atoms with Crippen molar-refractivity contribution in [3.8, 4) is 0 Å². The van der Waals surface area contributed by atoms with E-state index >= 15 is 0 Å². The Balaban J connectivity index is 1.63. The van der Waals surface area contributed by atoms with Crippen LogP contribution in [-0.2, 0) is 25.5 Å². The van der Waals surface area contributed by atoms with E-state index in [-0.39, 0.29) is 24.7 Å². The van der Waals surface area contributed by atoms with Gasteiger partial charge >= 0.3 is 5.97 Å². The van der Waals surface area contributed by atoms with Crippen molar-refractivity contribution in [1.29, 1.82) is 0 Å². The molecule has 2 rings (SSSR count). The topological polar surface area (TPSA) is 141 Å². The van der Waals surface area contributed by atoms with Gasteiger partial charge in [-0.3, -0.25) is 14.6 Å². The first-order valence-electron chi connectivity index (χ1n) is 20.0. The molecule has 1 aliphatic rings. The molecule has 2 amide bonds. The van der Waals surface area contributed by atoms with Crippen LogP contribution in [0.5, 0.6) is 0 Å². The predicted molar refractivity (Wildman–Crippen MR) is 218 cm³/mol. The highest BCUT2D eigenvalue weighted by Crippen LogP contribution is 2.10. The first kappa shape index (κ1) is 46.0. The van der Waals surface area contributed by atoms with E-state index in [1.165, 1.54) is 25.9 Å². The van der Waals surface area contributed by atoms with Gasteiger partial charge in [0.1, 0.15) is 12.1 Å². The molecular weight excluding hydrogens is 681 g/mol. The van der Waals surface area contributed by atoms with Gasteiger partial charge in [0, 0.05) is 44.2 Å². The van der Waals surface area contributed by atoms with E-state index in [0.717, 1.165) is 62.7 Å². The lowest BCUT2D eigenvalue weighted by Crippen LogP contribution is -2.44. The molecule has 0 bridgehead atoms. The zero-order chi connectivity index (χ0) is 38.9. The summed E-state index contributed by atoms with van der Waals surface area (Å²) in [5.41, 5.74) is 2.03. The van der Waals surface area contributed by atoms with Gasteiger partial charge in [0.25, 0.3) is 0 Å². The number of aliphatic hydroxyl groups is 2. The summed E-state index contributed by atoms with van der Waals surface area (Å²) >= 11 is 0. The second kappa shape index (κ2) is 31.3. The molecule has 2 heterocycles. The lowest BCUT2D eigenvalue weighted by molar-refractivity contribution is -0.157. The maximum atomic E-state index is 12.8. The Kier molecular flexibility index (Phi) is 26.6. The Morgan fingerprint density at radius 1 is 0.833 bits per heavy atom. The van der Waals surface area contributed by atoms with Crippen LogP contribution in [0, 0.1) is 0 Å². The average Bonchev–Trinajstić information content (AvgIpc) is 3.71. The van der Waals surface area contributed by atoms with Gasteiger partial charge in [-0.2, -0.15) is 0 Å². The minimum Gasteiger partial charge on any atom is -0.456 e. The molecule has 4 N–H and O–H groups in total. The Morgan fingerprint density at radius 3 is 2.09 bits per heavy atom. The van der Waals surface area contributed by atoms with Crippen LogP contribution < -0.4 is 10.6 Å². The smallest absolute Gasteiger partial charge is 0.329 e. The molecule has 1 aromatic heterocycles. The van der Waals surface area contributed by atoms with E-state index in [1.54, 1.807) is 0 Å². The van der Waals surface area contributed by atoms with Crippen molar-refractivity contribution in [1.82, 2.24) is 20.5 Å². The zero-order valence-corrected chi connectivity index (χ0v) is 32.6. The van der Waals surface area contributed by atoms with Gasteiger partial charge in [-0.05, 0) is 102 Å². The molecule has 0 aromatic carbocycles. The number of ether oxygens (including phenoxy) is 1. The van der Waals surface area contributed by atoms with Crippen molar-refractivity contribution in [3.63, 3.8) is 0 Å². The number of carbonyl (C=O) groups excluding carboxylic acids is 3. The quantitative estimate of drug-likeness (QED) is 0.0403. The summed E-state index contributed by atoms with van der Waals surface area (Å²) in [5.74, 6) is -1.06. The minimum atomic E-state index is -1.05. The summed E-state index contributed by atoms with van der Waals surface area (Å²) < 4.78 is 5.20. The van der Waals surface area contributed by atoms with Gasteiger partial charge in [0.15, 0.2) is 0 Å². The number of carbonyl (C=O) groups is 3. The van der Waals surface area contributed by atoms with Gasteiger partial charge in [0.2, 0.25) is 11.8 Å². The first-order chi connectivity index (χ1) is 26.4. The summed E-state index contributed by atoms with van der Waals surface area (Å²) in [6, 6.07) is 3.16. The van der Waals surface area contributed by atoms with Gasteiger partial charge in [-0.15, -0.1) is 0 Å². The van der Waals surface area contributed by atoms with Crippen LogP contribution in [0.2, 0.25) is 0 Å². The molecule has 1 atom stereocenters. The zero-order valence-electron chi connectivity index (χ0n) is 32.6. The number of rotatable bonds is 29.